The van der Waals surface area contributed by atoms with Crippen LogP contribution in [0, 0.1) is 0 Å². The van der Waals surface area contributed by atoms with E-state index >= 15 is 0 Å². The number of anilines is 1. The lowest BCUT2D eigenvalue weighted by Crippen LogP contribution is -2.38. The molecule has 0 unspecified atom stereocenters. The Balaban J connectivity index is 1.28. The van der Waals surface area contributed by atoms with E-state index in [2.05, 4.69) is 15.6 Å². The van der Waals surface area contributed by atoms with Crippen LogP contribution in [-0.2, 0) is 17.8 Å². The van der Waals surface area contributed by atoms with Crippen molar-refractivity contribution < 1.29 is 19.1 Å². The molecule has 0 bridgehead atoms. The Morgan fingerprint density at radius 3 is 2.67 bits per heavy atom. The second kappa shape index (κ2) is 9.34. The smallest absolute Gasteiger partial charge is 0.321 e. The van der Waals surface area contributed by atoms with Gasteiger partial charge in [0.25, 0.3) is 5.91 Å². The highest BCUT2D eigenvalue weighted by Gasteiger charge is 2.25. The van der Waals surface area contributed by atoms with E-state index in [0.717, 1.165) is 29.2 Å². The summed E-state index contributed by atoms with van der Waals surface area (Å²) in [5.41, 5.74) is 0.955. The molecule has 2 N–H and O–H groups in total. The van der Waals surface area contributed by atoms with E-state index in [1.807, 2.05) is 0 Å². The number of hydrogen-bond donors (Lipinski definition) is 2. The number of nitrogens with one attached hydrogen (secondary N) is 2. The molecule has 1 aliphatic carbocycles. The molecule has 9 heteroatoms. The van der Waals surface area contributed by atoms with E-state index in [1.54, 1.807) is 36.3 Å². The molecular formula is C21H26N4O4S. The summed E-state index contributed by atoms with van der Waals surface area (Å²) < 4.78 is 10.7. The summed E-state index contributed by atoms with van der Waals surface area (Å²) >= 11 is 1.43. The number of urea groups is 1. The molecule has 2 heterocycles. The van der Waals surface area contributed by atoms with E-state index in [-0.39, 0.29) is 24.6 Å². The standard InChI is InChI=1S/C21H26N4O4S/c1-28-15-6-8-16(9-7-15)29-13-19(26)25-11-10-17-18(12-25)30-21(23-17)24-20(27)22-14-4-2-3-5-14/h6-9,14H,2-5,10-13H2,1H3,(H2,22,23,24,27). The first-order valence-corrected chi connectivity index (χ1v) is 11.0. The van der Waals surface area contributed by atoms with Crippen LogP contribution in [0.1, 0.15) is 36.3 Å². The minimum Gasteiger partial charge on any atom is -0.497 e. The molecule has 0 atom stereocenters. The zero-order valence-corrected chi connectivity index (χ0v) is 17.8. The van der Waals surface area contributed by atoms with Gasteiger partial charge in [0.05, 0.1) is 19.3 Å². The molecule has 1 aliphatic heterocycles. The fourth-order valence-corrected chi connectivity index (χ4v) is 4.78. The number of rotatable bonds is 6. The average Bonchev–Trinajstić information content (AvgIpc) is 3.40. The van der Waals surface area contributed by atoms with Crippen LogP contribution >= 0.6 is 11.3 Å². The van der Waals surface area contributed by atoms with E-state index in [4.69, 9.17) is 9.47 Å². The molecule has 1 saturated carbocycles. The maximum Gasteiger partial charge on any atom is 0.321 e. The Labute approximate surface area is 179 Å². The number of amides is 3. The van der Waals surface area contributed by atoms with Gasteiger partial charge < -0.3 is 19.7 Å². The van der Waals surface area contributed by atoms with Crippen LogP contribution in [0.15, 0.2) is 24.3 Å². The Morgan fingerprint density at radius 1 is 1.20 bits per heavy atom. The SMILES string of the molecule is COc1ccc(OCC(=O)N2CCc3nc(NC(=O)NC4CCCC4)sc3C2)cc1. The Morgan fingerprint density at radius 2 is 1.93 bits per heavy atom. The molecule has 1 aromatic heterocycles. The van der Waals surface area contributed by atoms with Crippen LogP contribution in [0.5, 0.6) is 11.5 Å². The molecule has 8 nitrogen and oxygen atoms in total. The first-order chi connectivity index (χ1) is 14.6. The van der Waals surface area contributed by atoms with Gasteiger partial charge in [-0.05, 0) is 37.1 Å². The lowest BCUT2D eigenvalue weighted by Gasteiger charge is -2.26. The van der Waals surface area contributed by atoms with Gasteiger partial charge in [-0.3, -0.25) is 10.1 Å². The Hall–Kier alpha value is -2.81. The second-order valence-electron chi connectivity index (χ2n) is 7.50. The number of carbonyl (C=O) groups excluding carboxylic acids is 2. The summed E-state index contributed by atoms with van der Waals surface area (Å²) in [5, 5.41) is 6.43. The molecule has 30 heavy (non-hydrogen) atoms. The van der Waals surface area contributed by atoms with Gasteiger partial charge in [0, 0.05) is 23.9 Å². The Kier molecular flexibility index (Phi) is 6.37. The van der Waals surface area contributed by atoms with Gasteiger partial charge in [-0.15, -0.1) is 0 Å². The minimum atomic E-state index is -0.200. The van der Waals surface area contributed by atoms with Crippen LogP contribution < -0.4 is 20.1 Å². The molecule has 0 radical (unpaired) electrons. The molecular weight excluding hydrogens is 404 g/mol. The number of thiazole rings is 1. The van der Waals surface area contributed by atoms with Gasteiger partial charge >= 0.3 is 6.03 Å². The molecule has 1 aromatic carbocycles. The van der Waals surface area contributed by atoms with Crippen molar-refractivity contribution in [1.29, 1.82) is 0 Å². The summed E-state index contributed by atoms with van der Waals surface area (Å²) in [6.07, 6.45) is 5.09. The summed E-state index contributed by atoms with van der Waals surface area (Å²) in [5.74, 6) is 1.29. The fourth-order valence-electron chi connectivity index (χ4n) is 3.76. The van der Waals surface area contributed by atoms with Crippen LogP contribution in [0.2, 0.25) is 0 Å². The largest absolute Gasteiger partial charge is 0.497 e. The van der Waals surface area contributed by atoms with Gasteiger partial charge in [0.15, 0.2) is 11.7 Å². The van der Waals surface area contributed by atoms with Crippen molar-refractivity contribution in [3.8, 4) is 11.5 Å². The molecule has 0 spiro atoms. The van der Waals surface area contributed by atoms with Gasteiger partial charge in [0.2, 0.25) is 0 Å². The average molecular weight is 431 g/mol. The van der Waals surface area contributed by atoms with E-state index in [0.29, 0.717) is 30.4 Å². The van der Waals surface area contributed by atoms with Crippen LogP contribution in [0.3, 0.4) is 0 Å². The van der Waals surface area contributed by atoms with Crippen LogP contribution in [0.25, 0.3) is 0 Å². The summed E-state index contributed by atoms with van der Waals surface area (Å²) in [4.78, 5) is 32.0. The highest BCUT2D eigenvalue weighted by atomic mass is 32.1. The first kappa shape index (κ1) is 20.5. The Bertz CT molecular complexity index is 893. The zero-order chi connectivity index (χ0) is 20.9. The molecule has 2 aliphatic rings. The van der Waals surface area contributed by atoms with Crippen molar-refractivity contribution in [2.45, 2.75) is 44.7 Å². The molecule has 2 aromatic rings. The van der Waals surface area contributed by atoms with Crippen molar-refractivity contribution in [2.75, 3.05) is 25.6 Å². The third kappa shape index (κ3) is 5.02. The first-order valence-electron chi connectivity index (χ1n) is 10.2. The predicted octanol–water partition coefficient (Wildman–Crippen LogP) is 3.18. The molecule has 4 rings (SSSR count). The minimum absolute atomic E-state index is 0.0185. The number of aromatic nitrogens is 1. The van der Waals surface area contributed by atoms with Crippen molar-refractivity contribution in [3.05, 3.63) is 34.8 Å². The predicted molar refractivity (Wildman–Crippen MR) is 114 cm³/mol. The van der Waals surface area contributed by atoms with Gasteiger partial charge in [0.1, 0.15) is 11.5 Å². The highest BCUT2D eigenvalue weighted by molar-refractivity contribution is 7.15. The molecule has 0 saturated heterocycles. The van der Waals surface area contributed by atoms with E-state index < -0.39 is 0 Å². The molecule has 3 amide bonds. The third-order valence-electron chi connectivity index (χ3n) is 5.42. The lowest BCUT2D eigenvalue weighted by atomic mass is 10.2. The number of nitrogens with zero attached hydrogens (tertiary/aromatic N) is 2. The molecule has 1 fully saturated rings. The number of ether oxygens (including phenoxy) is 2. The summed E-state index contributed by atoms with van der Waals surface area (Å²) in [6, 6.07) is 7.20. The summed E-state index contributed by atoms with van der Waals surface area (Å²) in [6.45, 7) is 1.06. The van der Waals surface area contributed by atoms with Crippen molar-refractivity contribution in [1.82, 2.24) is 15.2 Å². The maximum absolute atomic E-state index is 12.6. The van der Waals surface area contributed by atoms with Crippen molar-refractivity contribution in [3.63, 3.8) is 0 Å². The number of benzene rings is 1. The number of carbonyl (C=O) groups is 2. The van der Waals surface area contributed by atoms with E-state index in [9.17, 15) is 9.59 Å². The normalized spacial score (nSPS) is 16.1. The third-order valence-corrected chi connectivity index (χ3v) is 6.41. The summed E-state index contributed by atoms with van der Waals surface area (Å²) in [7, 11) is 1.60. The van der Waals surface area contributed by atoms with Gasteiger partial charge in [-0.2, -0.15) is 0 Å². The van der Waals surface area contributed by atoms with Gasteiger partial charge in [-0.1, -0.05) is 24.2 Å². The quantitative estimate of drug-likeness (QED) is 0.734. The van der Waals surface area contributed by atoms with Gasteiger partial charge in [-0.25, -0.2) is 9.78 Å². The van der Waals surface area contributed by atoms with Crippen molar-refractivity contribution in [2.24, 2.45) is 0 Å². The highest BCUT2D eigenvalue weighted by Crippen LogP contribution is 2.28. The number of fused-ring (bicyclic) bond motifs is 1. The zero-order valence-electron chi connectivity index (χ0n) is 17.0. The number of hydrogen-bond acceptors (Lipinski definition) is 6. The topological polar surface area (TPSA) is 92.8 Å². The molecule has 160 valence electrons. The van der Waals surface area contributed by atoms with Crippen molar-refractivity contribution >= 4 is 28.4 Å². The number of methoxy groups -OCH3 is 1. The monoisotopic (exact) mass is 430 g/mol. The lowest BCUT2D eigenvalue weighted by molar-refractivity contribution is -0.134. The second-order valence-corrected chi connectivity index (χ2v) is 8.58. The van der Waals surface area contributed by atoms with E-state index in [1.165, 1.54) is 24.2 Å². The van der Waals surface area contributed by atoms with Crippen LogP contribution in [0.4, 0.5) is 9.93 Å². The fraction of sp³-hybridized carbons (Fsp3) is 0.476. The van der Waals surface area contributed by atoms with Crippen LogP contribution in [-0.4, -0.2) is 48.1 Å². The maximum atomic E-state index is 12.6.